The minimum absolute atomic E-state index is 0.00698. The number of hydrogen-bond acceptors (Lipinski definition) is 6. The number of amides is 1. The zero-order chi connectivity index (χ0) is 21.6. The Morgan fingerprint density at radius 3 is 2.84 bits per heavy atom. The number of H-pyrrole nitrogens is 1. The van der Waals surface area contributed by atoms with E-state index < -0.39 is 0 Å². The second-order valence-corrected chi connectivity index (χ2v) is 7.88. The first-order valence-electron chi connectivity index (χ1n) is 10.9. The summed E-state index contributed by atoms with van der Waals surface area (Å²) < 4.78 is 10.8. The average molecular weight is 425 g/mol. The van der Waals surface area contributed by atoms with Crippen molar-refractivity contribution in [2.75, 3.05) is 19.7 Å². The molecule has 3 aromatic rings. The van der Waals surface area contributed by atoms with Gasteiger partial charge in [0.25, 0.3) is 0 Å². The predicted octanol–water partition coefficient (Wildman–Crippen LogP) is 3.07. The van der Waals surface area contributed by atoms with E-state index in [4.69, 9.17) is 9.15 Å². The number of aromatic nitrogens is 3. The predicted molar refractivity (Wildman–Crippen MR) is 114 cm³/mol. The maximum atomic E-state index is 12.6. The number of fused-ring (bicyclic) bond motifs is 1. The van der Waals surface area contributed by atoms with Gasteiger partial charge in [-0.2, -0.15) is 0 Å². The molecule has 4 rings (SSSR count). The van der Waals surface area contributed by atoms with E-state index in [9.17, 15) is 9.59 Å². The topological polar surface area (TPSA) is 101 Å². The van der Waals surface area contributed by atoms with Crippen LogP contribution < -0.4 is 0 Å². The number of piperidine rings is 1. The number of hydrogen-bond donors (Lipinski definition) is 1. The highest BCUT2D eigenvalue weighted by atomic mass is 16.5. The highest BCUT2D eigenvalue weighted by Crippen LogP contribution is 2.20. The van der Waals surface area contributed by atoms with E-state index >= 15 is 0 Å². The maximum Gasteiger partial charge on any atom is 0.310 e. The average Bonchev–Trinajstić information content (AvgIpc) is 3.43. The van der Waals surface area contributed by atoms with Crippen LogP contribution in [0.15, 0.2) is 34.9 Å². The smallest absolute Gasteiger partial charge is 0.310 e. The maximum absolute atomic E-state index is 12.6. The van der Waals surface area contributed by atoms with Crippen LogP contribution in [0, 0.1) is 5.92 Å². The summed E-state index contributed by atoms with van der Waals surface area (Å²) in [6.45, 7) is 3.26. The summed E-state index contributed by atoms with van der Waals surface area (Å²) in [5, 5.41) is 9.43. The minimum atomic E-state index is -0.225. The van der Waals surface area contributed by atoms with Crippen LogP contribution in [0.25, 0.3) is 10.9 Å². The lowest BCUT2D eigenvalue weighted by atomic mass is 9.98. The van der Waals surface area contributed by atoms with E-state index in [1.165, 1.54) is 10.9 Å². The lowest BCUT2D eigenvalue weighted by molar-refractivity contribution is -0.151. The molecule has 0 aliphatic carbocycles. The van der Waals surface area contributed by atoms with Crippen molar-refractivity contribution >= 4 is 22.8 Å². The second-order valence-electron chi connectivity index (χ2n) is 7.88. The SMILES string of the molecule is CCOC(=O)[C@H]1CCCN(C(=O)CCc2nnc(CCc3c[nH]c4ccccc34)o2)C1. The third-order valence-corrected chi connectivity index (χ3v) is 5.74. The van der Waals surface area contributed by atoms with Gasteiger partial charge >= 0.3 is 5.97 Å². The van der Waals surface area contributed by atoms with Crippen molar-refractivity contribution in [3.05, 3.63) is 47.8 Å². The van der Waals surface area contributed by atoms with Gasteiger partial charge < -0.3 is 19.0 Å². The number of nitrogens with one attached hydrogen (secondary N) is 1. The van der Waals surface area contributed by atoms with Gasteiger partial charge in [-0.05, 0) is 37.8 Å². The van der Waals surface area contributed by atoms with Gasteiger partial charge in [-0.25, -0.2) is 0 Å². The number of esters is 1. The first kappa shape index (κ1) is 21.1. The molecule has 1 saturated heterocycles. The molecule has 164 valence electrons. The normalized spacial score (nSPS) is 16.5. The summed E-state index contributed by atoms with van der Waals surface area (Å²) in [6, 6.07) is 8.19. The zero-order valence-electron chi connectivity index (χ0n) is 17.8. The fourth-order valence-corrected chi connectivity index (χ4v) is 4.10. The van der Waals surface area contributed by atoms with E-state index in [1.54, 1.807) is 11.8 Å². The number of rotatable bonds is 8. The lowest BCUT2D eigenvalue weighted by Gasteiger charge is -2.31. The number of carbonyl (C=O) groups excluding carboxylic acids is 2. The quantitative estimate of drug-likeness (QED) is 0.558. The van der Waals surface area contributed by atoms with Gasteiger partial charge in [0.05, 0.1) is 12.5 Å². The molecule has 0 bridgehead atoms. The third kappa shape index (κ3) is 5.13. The molecule has 0 radical (unpaired) electrons. The molecule has 8 heteroatoms. The van der Waals surface area contributed by atoms with Gasteiger partial charge in [0.15, 0.2) is 0 Å². The number of para-hydroxylation sites is 1. The van der Waals surface area contributed by atoms with E-state index in [1.807, 2.05) is 18.3 Å². The third-order valence-electron chi connectivity index (χ3n) is 5.74. The molecule has 3 heterocycles. The molecular weight excluding hydrogens is 396 g/mol. The molecule has 8 nitrogen and oxygen atoms in total. The van der Waals surface area contributed by atoms with Crippen molar-refractivity contribution in [3.8, 4) is 0 Å². The highest BCUT2D eigenvalue weighted by molar-refractivity contribution is 5.83. The standard InChI is InChI=1S/C23H28N4O4/c1-2-30-23(29)17-6-5-13-27(15-17)22(28)12-11-21-26-25-20(31-21)10-9-16-14-24-19-8-4-3-7-18(16)19/h3-4,7-8,14,17,24H,2,5-6,9-13,15H2,1H3/t17-/m0/s1. The first-order chi connectivity index (χ1) is 15.1. The first-order valence-corrected chi connectivity index (χ1v) is 10.9. The Bertz CT molecular complexity index is 1040. The molecule has 0 saturated carbocycles. The van der Waals surface area contributed by atoms with Crippen LogP contribution in [-0.4, -0.2) is 51.7 Å². The summed E-state index contributed by atoms with van der Waals surface area (Å²) in [5.74, 6) is 0.621. The number of nitrogens with zero attached hydrogens (tertiary/aromatic N) is 3. The van der Waals surface area contributed by atoms with Gasteiger partial charge in [-0.3, -0.25) is 9.59 Å². The molecule has 2 aromatic heterocycles. The van der Waals surface area contributed by atoms with E-state index in [2.05, 4.69) is 27.3 Å². The van der Waals surface area contributed by atoms with Gasteiger partial charge in [-0.15, -0.1) is 10.2 Å². The van der Waals surface area contributed by atoms with Crippen LogP contribution in [0.2, 0.25) is 0 Å². The van der Waals surface area contributed by atoms with Crippen LogP contribution in [0.3, 0.4) is 0 Å². The molecule has 1 amide bonds. The molecule has 0 unspecified atom stereocenters. The van der Waals surface area contributed by atoms with E-state index in [0.717, 1.165) is 24.8 Å². The van der Waals surface area contributed by atoms with Crippen LogP contribution in [0.5, 0.6) is 0 Å². The highest BCUT2D eigenvalue weighted by Gasteiger charge is 2.29. The van der Waals surface area contributed by atoms with E-state index in [0.29, 0.717) is 50.7 Å². The number of aryl methyl sites for hydroxylation is 3. The zero-order valence-corrected chi connectivity index (χ0v) is 17.8. The van der Waals surface area contributed by atoms with Crippen LogP contribution in [-0.2, 0) is 33.6 Å². The number of benzene rings is 1. The largest absolute Gasteiger partial charge is 0.466 e. The fourth-order valence-electron chi connectivity index (χ4n) is 4.10. The molecule has 1 N–H and O–H groups in total. The van der Waals surface area contributed by atoms with Crippen LogP contribution >= 0.6 is 0 Å². The molecular formula is C23H28N4O4. The Kier molecular flexibility index (Phi) is 6.64. The van der Waals surface area contributed by atoms with Gasteiger partial charge in [0.2, 0.25) is 17.7 Å². The Labute approximate surface area is 181 Å². The summed E-state index contributed by atoms with van der Waals surface area (Å²) in [5.41, 5.74) is 2.33. The van der Waals surface area contributed by atoms with Crippen LogP contribution in [0.1, 0.15) is 43.5 Å². The van der Waals surface area contributed by atoms with Crippen LogP contribution in [0.4, 0.5) is 0 Å². The summed E-state index contributed by atoms with van der Waals surface area (Å²) in [6.07, 6.45) is 5.74. The van der Waals surface area contributed by atoms with Gasteiger partial charge in [-0.1, -0.05) is 18.2 Å². The van der Waals surface area contributed by atoms with Crippen molar-refractivity contribution in [2.45, 2.75) is 45.4 Å². The summed E-state index contributed by atoms with van der Waals surface area (Å²) in [4.78, 5) is 29.6. The number of aromatic amines is 1. The monoisotopic (exact) mass is 424 g/mol. The Hall–Kier alpha value is -3.16. The van der Waals surface area contributed by atoms with Crippen molar-refractivity contribution in [1.29, 1.82) is 0 Å². The second kappa shape index (κ2) is 9.76. The summed E-state index contributed by atoms with van der Waals surface area (Å²) in [7, 11) is 0. The fraction of sp³-hybridized carbons (Fsp3) is 0.478. The van der Waals surface area contributed by atoms with Gasteiger partial charge in [0.1, 0.15) is 0 Å². The van der Waals surface area contributed by atoms with Crippen molar-refractivity contribution in [1.82, 2.24) is 20.1 Å². The number of ether oxygens (including phenoxy) is 1. The van der Waals surface area contributed by atoms with Crippen molar-refractivity contribution < 1.29 is 18.7 Å². The van der Waals surface area contributed by atoms with Crippen molar-refractivity contribution in [2.24, 2.45) is 5.92 Å². The number of likely N-dealkylation sites (tertiary alicyclic amines) is 1. The molecule has 31 heavy (non-hydrogen) atoms. The van der Waals surface area contributed by atoms with Crippen molar-refractivity contribution in [3.63, 3.8) is 0 Å². The number of carbonyl (C=O) groups is 2. The molecule has 1 fully saturated rings. The van der Waals surface area contributed by atoms with Gasteiger partial charge in [0, 0.05) is 49.5 Å². The molecule has 1 aliphatic rings. The molecule has 1 aromatic carbocycles. The Balaban J connectivity index is 1.26. The Morgan fingerprint density at radius 2 is 2.00 bits per heavy atom. The molecule has 1 atom stereocenters. The Morgan fingerprint density at radius 1 is 1.19 bits per heavy atom. The molecule has 1 aliphatic heterocycles. The minimum Gasteiger partial charge on any atom is -0.466 e. The summed E-state index contributed by atoms with van der Waals surface area (Å²) >= 11 is 0. The van der Waals surface area contributed by atoms with E-state index in [-0.39, 0.29) is 17.8 Å². The molecule has 0 spiro atoms. The lowest BCUT2D eigenvalue weighted by Crippen LogP contribution is -2.42.